The fourth-order valence-electron chi connectivity index (χ4n) is 3.39. The lowest BCUT2D eigenvalue weighted by molar-refractivity contribution is -0.116. The molecule has 4 heteroatoms. The summed E-state index contributed by atoms with van der Waals surface area (Å²) < 4.78 is 0. The van der Waals surface area contributed by atoms with Gasteiger partial charge in [-0.15, -0.1) is 0 Å². The molecular weight excluding hydrogens is 264 g/mol. The van der Waals surface area contributed by atoms with Gasteiger partial charge in [0.05, 0.1) is 0 Å². The molecule has 3 rings (SSSR count). The second-order valence-electron chi connectivity index (χ2n) is 6.07. The van der Waals surface area contributed by atoms with Crippen LogP contribution in [0.15, 0.2) is 18.2 Å². The number of benzene rings is 1. The second-order valence-corrected chi connectivity index (χ2v) is 6.07. The molecule has 4 nitrogen and oxygen atoms in total. The Bertz CT molecular complexity index is 562. The van der Waals surface area contributed by atoms with Crippen molar-refractivity contribution in [3.63, 3.8) is 0 Å². The number of amides is 2. The van der Waals surface area contributed by atoms with Crippen LogP contribution in [0.5, 0.6) is 0 Å². The Kier molecular flexibility index (Phi) is 3.95. The van der Waals surface area contributed by atoms with Crippen molar-refractivity contribution in [1.82, 2.24) is 5.32 Å². The fraction of sp³-hybridized carbons (Fsp3) is 0.529. The van der Waals surface area contributed by atoms with Crippen LogP contribution in [0.4, 0.5) is 5.69 Å². The molecule has 21 heavy (non-hydrogen) atoms. The first-order valence-electron chi connectivity index (χ1n) is 7.87. The summed E-state index contributed by atoms with van der Waals surface area (Å²) in [5, 5.41) is 3.14. The molecule has 1 fully saturated rings. The fourth-order valence-corrected chi connectivity index (χ4v) is 3.39. The Balaban J connectivity index is 1.72. The highest BCUT2D eigenvalue weighted by Gasteiger charge is 2.23. The van der Waals surface area contributed by atoms with Gasteiger partial charge in [0.1, 0.15) is 0 Å². The number of nitrogens with zero attached hydrogens (tertiary/aromatic N) is 1. The van der Waals surface area contributed by atoms with E-state index in [-0.39, 0.29) is 11.8 Å². The van der Waals surface area contributed by atoms with Crippen LogP contribution in [-0.2, 0) is 11.2 Å². The number of hydrogen-bond donors (Lipinski definition) is 1. The largest absolute Gasteiger partial charge is 0.349 e. The second kappa shape index (κ2) is 5.88. The molecule has 0 bridgehead atoms. The Labute approximate surface area is 125 Å². The molecule has 112 valence electrons. The molecule has 1 aliphatic carbocycles. The molecule has 0 aromatic heterocycles. The van der Waals surface area contributed by atoms with Crippen molar-refractivity contribution in [2.75, 3.05) is 11.4 Å². The molecule has 1 aromatic rings. The molecule has 1 N–H and O–H groups in total. The van der Waals surface area contributed by atoms with E-state index in [9.17, 15) is 9.59 Å². The Morgan fingerprint density at radius 3 is 2.67 bits per heavy atom. The lowest BCUT2D eigenvalue weighted by Gasteiger charge is -2.23. The van der Waals surface area contributed by atoms with Crippen LogP contribution < -0.4 is 10.2 Å². The molecule has 2 aliphatic rings. The van der Waals surface area contributed by atoms with E-state index in [2.05, 4.69) is 5.32 Å². The van der Waals surface area contributed by atoms with Crippen molar-refractivity contribution in [2.24, 2.45) is 0 Å². The number of hydrogen-bond acceptors (Lipinski definition) is 2. The number of anilines is 1. The van der Waals surface area contributed by atoms with Gasteiger partial charge in [-0.3, -0.25) is 9.59 Å². The summed E-state index contributed by atoms with van der Waals surface area (Å²) in [6, 6.07) is 6.00. The van der Waals surface area contributed by atoms with Gasteiger partial charge in [-0.25, -0.2) is 0 Å². The lowest BCUT2D eigenvalue weighted by Crippen LogP contribution is -2.36. The Morgan fingerprint density at radius 2 is 1.95 bits per heavy atom. The Hall–Kier alpha value is -1.84. The van der Waals surface area contributed by atoms with Crippen molar-refractivity contribution in [2.45, 2.75) is 51.5 Å². The normalized spacial score (nSPS) is 18.4. The van der Waals surface area contributed by atoms with E-state index in [1.807, 2.05) is 18.2 Å². The summed E-state index contributed by atoms with van der Waals surface area (Å²) in [6.07, 6.45) is 6.72. The van der Waals surface area contributed by atoms with E-state index < -0.39 is 0 Å². The number of carbonyl (C=O) groups is 2. The van der Waals surface area contributed by atoms with E-state index in [0.717, 1.165) is 37.1 Å². The first-order valence-corrected chi connectivity index (χ1v) is 7.87. The number of carbonyl (C=O) groups excluding carboxylic acids is 2. The highest BCUT2D eigenvalue weighted by atomic mass is 16.2. The zero-order valence-electron chi connectivity index (χ0n) is 12.5. The molecule has 0 unspecified atom stereocenters. The monoisotopic (exact) mass is 286 g/mol. The van der Waals surface area contributed by atoms with Gasteiger partial charge >= 0.3 is 0 Å². The molecule has 2 amide bonds. The van der Waals surface area contributed by atoms with Gasteiger partial charge < -0.3 is 10.2 Å². The molecule has 1 saturated carbocycles. The molecule has 0 spiro atoms. The highest BCUT2D eigenvalue weighted by molar-refractivity contribution is 5.98. The minimum atomic E-state index is 0.0194. The quantitative estimate of drug-likeness (QED) is 0.908. The van der Waals surface area contributed by atoms with Gasteiger partial charge in [-0.05, 0) is 43.0 Å². The third-order valence-electron chi connectivity index (χ3n) is 4.56. The van der Waals surface area contributed by atoms with Crippen molar-refractivity contribution >= 4 is 17.5 Å². The average molecular weight is 286 g/mol. The lowest BCUT2D eigenvalue weighted by atomic mass is 9.95. The van der Waals surface area contributed by atoms with Crippen molar-refractivity contribution in [3.05, 3.63) is 29.3 Å². The van der Waals surface area contributed by atoms with Gasteiger partial charge in [0.2, 0.25) is 5.91 Å². The summed E-state index contributed by atoms with van der Waals surface area (Å²) in [4.78, 5) is 25.6. The van der Waals surface area contributed by atoms with Crippen LogP contribution in [0.2, 0.25) is 0 Å². The van der Waals surface area contributed by atoms with Crippen molar-refractivity contribution < 1.29 is 9.59 Å². The predicted molar refractivity (Wildman–Crippen MR) is 82.5 cm³/mol. The third-order valence-corrected chi connectivity index (χ3v) is 4.56. The van der Waals surface area contributed by atoms with Crippen LogP contribution >= 0.6 is 0 Å². The summed E-state index contributed by atoms with van der Waals surface area (Å²) in [5.74, 6) is 0.0825. The van der Waals surface area contributed by atoms with E-state index in [4.69, 9.17) is 0 Å². The molecule has 0 atom stereocenters. The molecule has 1 aliphatic heterocycles. The zero-order chi connectivity index (χ0) is 14.8. The molecular formula is C17H22N2O2. The summed E-state index contributed by atoms with van der Waals surface area (Å²) in [5.41, 5.74) is 2.77. The first kappa shape index (κ1) is 14.1. The van der Waals surface area contributed by atoms with Gasteiger partial charge in [-0.1, -0.05) is 19.3 Å². The number of nitrogens with one attached hydrogen (secondary N) is 1. The first-order chi connectivity index (χ1) is 10.1. The maximum Gasteiger partial charge on any atom is 0.251 e. The molecule has 0 saturated heterocycles. The topological polar surface area (TPSA) is 49.4 Å². The molecule has 1 heterocycles. The third kappa shape index (κ3) is 2.94. The van der Waals surface area contributed by atoms with Gasteiger partial charge in [0, 0.05) is 30.8 Å². The van der Waals surface area contributed by atoms with Crippen molar-refractivity contribution in [1.29, 1.82) is 0 Å². The highest BCUT2D eigenvalue weighted by Crippen LogP contribution is 2.29. The van der Waals surface area contributed by atoms with E-state index in [0.29, 0.717) is 11.6 Å². The smallest absolute Gasteiger partial charge is 0.251 e. The molecule has 0 radical (unpaired) electrons. The number of fused-ring (bicyclic) bond motifs is 1. The maximum atomic E-state index is 12.3. The van der Waals surface area contributed by atoms with Crippen molar-refractivity contribution in [3.8, 4) is 0 Å². The SMILES string of the molecule is CC(=O)N1CCc2cc(C(=O)NC3CCCCC3)ccc21. The Morgan fingerprint density at radius 1 is 1.19 bits per heavy atom. The summed E-state index contributed by atoms with van der Waals surface area (Å²) >= 11 is 0. The summed E-state index contributed by atoms with van der Waals surface area (Å²) in [6.45, 7) is 2.30. The predicted octanol–water partition coefficient (Wildman–Crippen LogP) is 2.66. The minimum Gasteiger partial charge on any atom is -0.349 e. The van der Waals surface area contributed by atoms with Crippen LogP contribution in [0, 0.1) is 0 Å². The van der Waals surface area contributed by atoms with Gasteiger partial charge in [0.15, 0.2) is 0 Å². The van der Waals surface area contributed by atoms with E-state index in [1.165, 1.54) is 19.3 Å². The average Bonchev–Trinajstić information content (AvgIpc) is 2.91. The van der Waals surface area contributed by atoms with E-state index in [1.54, 1.807) is 11.8 Å². The summed E-state index contributed by atoms with van der Waals surface area (Å²) in [7, 11) is 0. The van der Waals surface area contributed by atoms with Gasteiger partial charge in [0.25, 0.3) is 5.91 Å². The minimum absolute atomic E-state index is 0.0194. The number of rotatable bonds is 2. The van der Waals surface area contributed by atoms with Gasteiger partial charge in [-0.2, -0.15) is 0 Å². The van der Waals surface area contributed by atoms with Crippen LogP contribution in [-0.4, -0.2) is 24.4 Å². The zero-order valence-corrected chi connectivity index (χ0v) is 12.5. The van der Waals surface area contributed by atoms with E-state index >= 15 is 0 Å². The van der Waals surface area contributed by atoms with Crippen LogP contribution in [0.1, 0.15) is 54.9 Å². The van der Waals surface area contributed by atoms with Crippen LogP contribution in [0.25, 0.3) is 0 Å². The standard InChI is InChI=1S/C17H22N2O2/c1-12(20)19-10-9-13-11-14(7-8-16(13)19)17(21)18-15-5-3-2-4-6-15/h7-8,11,15H,2-6,9-10H2,1H3,(H,18,21). The molecule has 1 aromatic carbocycles. The van der Waals surface area contributed by atoms with Crippen LogP contribution in [0.3, 0.4) is 0 Å². The maximum absolute atomic E-state index is 12.3.